The van der Waals surface area contributed by atoms with Gasteiger partial charge < -0.3 is 4.74 Å². The van der Waals surface area contributed by atoms with E-state index in [1.54, 1.807) is 0 Å². The number of unbranched alkanes of at least 4 members (excludes halogenated alkanes) is 5. The summed E-state index contributed by atoms with van der Waals surface area (Å²) < 4.78 is 4.88. The number of esters is 1. The lowest BCUT2D eigenvalue weighted by atomic mass is 10.1. The first-order valence-electron chi connectivity index (χ1n) is 8.00. The van der Waals surface area contributed by atoms with Gasteiger partial charge in [0.25, 0.3) is 0 Å². The fourth-order valence-corrected chi connectivity index (χ4v) is 1.66. The van der Waals surface area contributed by atoms with Crippen LogP contribution in [0, 0.1) is 11.8 Å². The lowest BCUT2D eigenvalue weighted by molar-refractivity contribution is -0.141. The van der Waals surface area contributed by atoms with Gasteiger partial charge in [-0.1, -0.05) is 73.6 Å². The maximum atomic E-state index is 10.6. The van der Waals surface area contributed by atoms with Crippen molar-refractivity contribution in [3.05, 3.63) is 48.6 Å². The summed E-state index contributed by atoms with van der Waals surface area (Å²) in [7, 11) is 0. The van der Waals surface area contributed by atoms with Crippen LogP contribution in [0.25, 0.3) is 0 Å². The molecule has 0 aliphatic heterocycles. The molecule has 0 heterocycles. The summed E-state index contributed by atoms with van der Waals surface area (Å²) in [5, 5.41) is 0. The zero-order valence-corrected chi connectivity index (χ0v) is 13.9. The smallest absolute Gasteiger partial charge is 0.302 e. The molecule has 0 radical (unpaired) electrons. The van der Waals surface area contributed by atoms with Gasteiger partial charge in [-0.25, -0.2) is 0 Å². The van der Waals surface area contributed by atoms with Crippen molar-refractivity contribution >= 4 is 5.97 Å². The zero-order valence-electron chi connectivity index (χ0n) is 13.9. The first-order valence-corrected chi connectivity index (χ1v) is 8.00. The average Bonchev–Trinajstić information content (AvgIpc) is 2.50. The molecule has 0 aromatic carbocycles. The maximum absolute atomic E-state index is 10.6. The van der Waals surface area contributed by atoms with Gasteiger partial charge in [-0.3, -0.25) is 4.79 Å². The van der Waals surface area contributed by atoms with Gasteiger partial charge in [0.1, 0.15) is 0 Å². The van der Waals surface area contributed by atoms with Crippen LogP contribution < -0.4 is 0 Å². The van der Waals surface area contributed by atoms with E-state index in [1.807, 2.05) is 55.5 Å². The van der Waals surface area contributed by atoms with Crippen LogP contribution in [-0.2, 0) is 9.53 Å². The molecule has 0 aromatic rings. The molecule has 0 aliphatic rings. The second-order valence-electron chi connectivity index (χ2n) is 4.83. The van der Waals surface area contributed by atoms with Crippen LogP contribution in [-0.4, -0.2) is 12.6 Å². The van der Waals surface area contributed by atoms with Crippen molar-refractivity contribution in [3.63, 3.8) is 0 Å². The molecule has 0 unspecified atom stereocenters. The second kappa shape index (κ2) is 17.0. The molecule has 0 rings (SSSR count). The molecule has 22 heavy (non-hydrogen) atoms. The molecule has 0 saturated carbocycles. The van der Waals surface area contributed by atoms with E-state index in [4.69, 9.17) is 4.74 Å². The number of carbonyl (C=O) groups is 1. The van der Waals surface area contributed by atoms with E-state index >= 15 is 0 Å². The van der Waals surface area contributed by atoms with Crippen LogP contribution in [0.2, 0.25) is 0 Å². The van der Waals surface area contributed by atoms with Gasteiger partial charge in [0.05, 0.1) is 6.61 Å². The second-order valence-corrected chi connectivity index (χ2v) is 4.83. The molecule has 0 bridgehead atoms. The molecule has 120 valence electrons. The lowest BCUT2D eigenvalue weighted by Crippen LogP contribution is -1.99. The van der Waals surface area contributed by atoms with E-state index in [1.165, 1.54) is 19.8 Å². The minimum Gasteiger partial charge on any atom is -0.466 e. The number of rotatable bonds is 10. The zero-order chi connectivity index (χ0) is 16.3. The number of hydrogen-bond donors (Lipinski definition) is 0. The molecule has 0 atom stereocenters. The van der Waals surface area contributed by atoms with Crippen molar-refractivity contribution in [3.8, 4) is 11.8 Å². The van der Waals surface area contributed by atoms with Gasteiger partial charge in [-0.15, -0.1) is 0 Å². The summed E-state index contributed by atoms with van der Waals surface area (Å²) in [6.45, 7) is 3.99. The first kappa shape index (κ1) is 20.0. The molecule has 0 amide bonds. The molecule has 2 nitrogen and oxygen atoms in total. The molecule has 0 aliphatic carbocycles. The SMILES string of the molecule is C/C=C/C=C/C=C/C=C/C#CCCCCCCCOC(C)=O. The molecular weight excluding hydrogens is 272 g/mol. The summed E-state index contributed by atoms with van der Waals surface area (Å²) >= 11 is 0. The van der Waals surface area contributed by atoms with Gasteiger partial charge in [0, 0.05) is 13.3 Å². The number of hydrogen-bond acceptors (Lipinski definition) is 2. The number of ether oxygens (including phenoxy) is 1. The fraction of sp³-hybridized carbons (Fsp3) is 0.450. The third kappa shape index (κ3) is 18.0. The van der Waals surface area contributed by atoms with Gasteiger partial charge in [-0.2, -0.15) is 0 Å². The normalized spacial score (nSPS) is 11.5. The summed E-state index contributed by atoms with van der Waals surface area (Å²) in [5.41, 5.74) is 0. The van der Waals surface area contributed by atoms with Gasteiger partial charge in [0.15, 0.2) is 0 Å². The molecule has 0 saturated heterocycles. The highest BCUT2D eigenvalue weighted by Gasteiger charge is 1.93. The van der Waals surface area contributed by atoms with E-state index in [0.29, 0.717) is 6.61 Å². The van der Waals surface area contributed by atoms with Crippen molar-refractivity contribution < 1.29 is 9.53 Å². The average molecular weight is 300 g/mol. The lowest BCUT2D eigenvalue weighted by Gasteiger charge is -2.01. The third-order valence-corrected chi connectivity index (χ3v) is 2.78. The topological polar surface area (TPSA) is 26.3 Å². The Hall–Kier alpha value is -2.01. The highest BCUT2D eigenvalue weighted by atomic mass is 16.5. The first-order chi connectivity index (χ1) is 10.8. The fourth-order valence-electron chi connectivity index (χ4n) is 1.66. The highest BCUT2D eigenvalue weighted by molar-refractivity contribution is 5.65. The Balaban J connectivity index is 3.43. The van der Waals surface area contributed by atoms with Crippen molar-refractivity contribution in [1.29, 1.82) is 0 Å². The Morgan fingerprint density at radius 2 is 1.55 bits per heavy atom. The van der Waals surface area contributed by atoms with Crippen LogP contribution >= 0.6 is 0 Å². The molecule has 0 aromatic heterocycles. The van der Waals surface area contributed by atoms with Crippen LogP contribution in [0.4, 0.5) is 0 Å². The Morgan fingerprint density at radius 3 is 2.27 bits per heavy atom. The number of carbonyl (C=O) groups excluding carboxylic acids is 1. The predicted octanol–water partition coefficient (Wildman–Crippen LogP) is 5.14. The highest BCUT2D eigenvalue weighted by Crippen LogP contribution is 2.05. The summed E-state index contributed by atoms with van der Waals surface area (Å²) in [5.74, 6) is 5.99. The predicted molar refractivity (Wildman–Crippen MR) is 94.3 cm³/mol. The summed E-state index contributed by atoms with van der Waals surface area (Å²) in [6.07, 6.45) is 22.3. The van der Waals surface area contributed by atoms with Gasteiger partial charge in [-0.05, 0) is 25.8 Å². The molecule has 0 N–H and O–H groups in total. The van der Waals surface area contributed by atoms with E-state index in [9.17, 15) is 4.79 Å². The van der Waals surface area contributed by atoms with Crippen molar-refractivity contribution in [1.82, 2.24) is 0 Å². The molecule has 0 spiro atoms. The van der Waals surface area contributed by atoms with E-state index in [-0.39, 0.29) is 5.97 Å². The Kier molecular flexibility index (Phi) is 15.5. The van der Waals surface area contributed by atoms with Crippen LogP contribution in [0.5, 0.6) is 0 Å². The molecular formula is C20H28O2. The van der Waals surface area contributed by atoms with Crippen molar-refractivity contribution in [2.24, 2.45) is 0 Å². The van der Waals surface area contributed by atoms with Crippen LogP contribution in [0.1, 0.15) is 52.4 Å². The Bertz CT molecular complexity index is 442. The van der Waals surface area contributed by atoms with Crippen molar-refractivity contribution in [2.45, 2.75) is 52.4 Å². The van der Waals surface area contributed by atoms with Crippen LogP contribution in [0.15, 0.2) is 48.6 Å². The van der Waals surface area contributed by atoms with Crippen LogP contribution in [0.3, 0.4) is 0 Å². The monoisotopic (exact) mass is 300 g/mol. The van der Waals surface area contributed by atoms with Crippen molar-refractivity contribution in [2.75, 3.05) is 6.61 Å². The largest absolute Gasteiger partial charge is 0.466 e. The van der Waals surface area contributed by atoms with E-state index < -0.39 is 0 Å². The van der Waals surface area contributed by atoms with Gasteiger partial charge in [0.2, 0.25) is 0 Å². The quantitative estimate of drug-likeness (QED) is 0.242. The summed E-state index contributed by atoms with van der Waals surface area (Å²) in [4.78, 5) is 10.6. The Morgan fingerprint density at radius 1 is 0.909 bits per heavy atom. The Labute approximate surface area is 135 Å². The van der Waals surface area contributed by atoms with E-state index in [2.05, 4.69) is 11.8 Å². The minimum atomic E-state index is -0.188. The number of allylic oxidation sites excluding steroid dienone is 8. The molecule has 2 heteroatoms. The third-order valence-electron chi connectivity index (χ3n) is 2.78. The maximum Gasteiger partial charge on any atom is 0.302 e. The van der Waals surface area contributed by atoms with E-state index in [0.717, 1.165) is 25.7 Å². The van der Waals surface area contributed by atoms with Gasteiger partial charge >= 0.3 is 5.97 Å². The standard InChI is InChI=1S/C20H28O2/c1-3-4-5-6-7-8-9-10-11-12-13-14-15-16-17-18-19-22-20(2)21/h3-10H,13-19H2,1-2H3/b4-3+,6-5+,8-7+,10-9+. The summed E-state index contributed by atoms with van der Waals surface area (Å²) in [6, 6.07) is 0. The minimum absolute atomic E-state index is 0.188. The molecule has 0 fully saturated rings.